The maximum Gasteiger partial charge on any atom is 0.225 e. The van der Waals surface area contributed by atoms with E-state index in [9.17, 15) is 4.79 Å². The molecule has 0 atom stereocenters. The van der Waals surface area contributed by atoms with Gasteiger partial charge in [-0.1, -0.05) is 23.7 Å². The summed E-state index contributed by atoms with van der Waals surface area (Å²) in [5.41, 5.74) is 2.77. The summed E-state index contributed by atoms with van der Waals surface area (Å²) in [6.07, 6.45) is 2.24. The van der Waals surface area contributed by atoms with Gasteiger partial charge < -0.3 is 5.32 Å². The summed E-state index contributed by atoms with van der Waals surface area (Å²) >= 11 is 7.78. The van der Waals surface area contributed by atoms with Crippen molar-refractivity contribution in [3.63, 3.8) is 0 Å². The highest BCUT2D eigenvalue weighted by molar-refractivity contribution is 7.98. The van der Waals surface area contributed by atoms with Crippen molar-refractivity contribution in [2.75, 3.05) is 11.1 Å². The minimum absolute atomic E-state index is 0.0192. The van der Waals surface area contributed by atoms with E-state index < -0.39 is 0 Å². The summed E-state index contributed by atoms with van der Waals surface area (Å²) in [5.74, 6) is 1.56. The van der Waals surface area contributed by atoms with Crippen LogP contribution in [0.5, 0.6) is 0 Å². The molecule has 2 rings (SSSR count). The monoisotopic (exact) mass is 320 g/mol. The van der Waals surface area contributed by atoms with Crippen molar-refractivity contribution in [3.8, 4) is 0 Å². The van der Waals surface area contributed by atoms with E-state index in [4.69, 9.17) is 11.6 Å². The highest BCUT2D eigenvalue weighted by Gasteiger charge is 2.06. The van der Waals surface area contributed by atoms with Gasteiger partial charge in [0, 0.05) is 24.1 Å². The Labute approximate surface area is 134 Å². The zero-order valence-corrected chi connectivity index (χ0v) is 13.4. The highest BCUT2D eigenvalue weighted by Crippen LogP contribution is 2.23. The van der Waals surface area contributed by atoms with Crippen LogP contribution in [0.3, 0.4) is 0 Å². The van der Waals surface area contributed by atoms with Gasteiger partial charge in [0.2, 0.25) is 5.91 Å². The second-order valence-corrected chi connectivity index (χ2v) is 6.17. The van der Waals surface area contributed by atoms with Crippen LogP contribution in [0.1, 0.15) is 17.7 Å². The number of hydrogen-bond acceptors (Lipinski definition) is 3. The van der Waals surface area contributed by atoms with Gasteiger partial charge in [0.05, 0.1) is 16.4 Å². The van der Waals surface area contributed by atoms with E-state index in [2.05, 4.69) is 10.3 Å². The Balaban J connectivity index is 1.72. The molecule has 0 fully saturated rings. The van der Waals surface area contributed by atoms with Crippen LogP contribution in [-0.2, 0) is 10.5 Å². The Bertz CT molecular complexity index is 604. The number of amides is 1. The topological polar surface area (TPSA) is 42.0 Å². The second-order valence-electron chi connectivity index (χ2n) is 4.66. The van der Waals surface area contributed by atoms with Gasteiger partial charge in [-0.3, -0.25) is 9.78 Å². The molecule has 1 aromatic heterocycles. The van der Waals surface area contributed by atoms with Gasteiger partial charge >= 0.3 is 0 Å². The quantitative estimate of drug-likeness (QED) is 0.807. The SMILES string of the molecule is Cc1ccc(NC(=O)CCSCc2ccccn2)c(Cl)c1. The number of pyridine rings is 1. The molecule has 0 radical (unpaired) electrons. The average Bonchev–Trinajstić information content (AvgIpc) is 2.48. The van der Waals surface area contributed by atoms with Crippen LogP contribution >= 0.6 is 23.4 Å². The zero-order chi connectivity index (χ0) is 15.1. The fraction of sp³-hybridized carbons (Fsp3) is 0.250. The molecule has 0 saturated heterocycles. The van der Waals surface area contributed by atoms with Crippen molar-refractivity contribution in [2.45, 2.75) is 19.1 Å². The third-order valence-corrected chi connectivity index (χ3v) is 4.15. The van der Waals surface area contributed by atoms with E-state index in [0.717, 1.165) is 22.8 Å². The van der Waals surface area contributed by atoms with E-state index in [1.54, 1.807) is 18.0 Å². The molecule has 0 aliphatic heterocycles. The number of halogens is 1. The number of carbonyl (C=O) groups excluding carboxylic acids is 1. The number of anilines is 1. The molecule has 3 nitrogen and oxygen atoms in total. The summed E-state index contributed by atoms with van der Waals surface area (Å²) in [5, 5.41) is 3.41. The molecule has 0 unspecified atom stereocenters. The fourth-order valence-corrected chi connectivity index (χ4v) is 2.90. The van der Waals surface area contributed by atoms with Gasteiger partial charge in [0.15, 0.2) is 0 Å². The Morgan fingerprint density at radius 1 is 1.33 bits per heavy atom. The van der Waals surface area contributed by atoms with Crippen molar-refractivity contribution in [3.05, 3.63) is 58.9 Å². The number of benzene rings is 1. The van der Waals surface area contributed by atoms with Crippen molar-refractivity contribution in [1.29, 1.82) is 0 Å². The number of nitrogens with zero attached hydrogens (tertiary/aromatic N) is 1. The van der Waals surface area contributed by atoms with E-state index >= 15 is 0 Å². The van der Waals surface area contributed by atoms with Crippen molar-refractivity contribution in [1.82, 2.24) is 4.98 Å². The number of thioether (sulfide) groups is 1. The molecule has 0 bridgehead atoms. The normalized spacial score (nSPS) is 10.4. The standard InChI is InChI=1S/C16H17ClN2OS/c1-12-5-6-15(14(17)10-12)19-16(20)7-9-21-11-13-4-2-3-8-18-13/h2-6,8,10H,7,9,11H2,1H3,(H,19,20). The smallest absolute Gasteiger partial charge is 0.225 e. The van der Waals surface area contributed by atoms with E-state index in [0.29, 0.717) is 17.1 Å². The van der Waals surface area contributed by atoms with Gasteiger partial charge in [-0.25, -0.2) is 0 Å². The number of carbonyl (C=O) groups is 1. The molecular weight excluding hydrogens is 304 g/mol. The molecule has 0 aliphatic rings. The number of aromatic nitrogens is 1. The van der Waals surface area contributed by atoms with Gasteiger partial charge in [-0.05, 0) is 36.8 Å². The number of hydrogen-bond donors (Lipinski definition) is 1. The lowest BCUT2D eigenvalue weighted by Gasteiger charge is -2.07. The Hall–Kier alpha value is -1.52. The second kappa shape index (κ2) is 8.05. The molecule has 1 heterocycles. The first kappa shape index (κ1) is 15.9. The Morgan fingerprint density at radius 2 is 2.19 bits per heavy atom. The largest absolute Gasteiger partial charge is 0.325 e. The first-order valence-electron chi connectivity index (χ1n) is 6.69. The minimum Gasteiger partial charge on any atom is -0.325 e. The zero-order valence-electron chi connectivity index (χ0n) is 11.8. The molecule has 0 spiro atoms. The number of aryl methyl sites for hydroxylation is 1. The molecule has 0 aliphatic carbocycles. The maximum absolute atomic E-state index is 11.9. The van der Waals surface area contributed by atoms with E-state index in [1.807, 2.05) is 43.3 Å². The van der Waals surface area contributed by atoms with Gasteiger partial charge in [0.1, 0.15) is 0 Å². The number of rotatable bonds is 6. The molecule has 21 heavy (non-hydrogen) atoms. The van der Waals surface area contributed by atoms with Crippen molar-refractivity contribution >= 4 is 35.0 Å². The van der Waals surface area contributed by atoms with Crippen LogP contribution < -0.4 is 5.32 Å². The van der Waals surface area contributed by atoms with E-state index in [-0.39, 0.29) is 5.91 Å². The molecular formula is C16H17ClN2OS. The highest BCUT2D eigenvalue weighted by atomic mass is 35.5. The third-order valence-electron chi connectivity index (χ3n) is 2.85. The molecule has 2 aromatic rings. The average molecular weight is 321 g/mol. The molecule has 0 saturated carbocycles. The molecule has 1 amide bonds. The van der Waals surface area contributed by atoms with Crippen LogP contribution in [0.25, 0.3) is 0 Å². The van der Waals surface area contributed by atoms with Gasteiger partial charge in [-0.2, -0.15) is 11.8 Å². The summed E-state index contributed by atoms with van der Waals surface area (Å²) in [4.78, 5) is 16.1. The Kier molecular flexibility index (Phi) is 6.08. The molecule has 5 heteroatoms. The molecule has 110 valence electrons. The van der Waals surface area contributed by atoms with Crippen molar-refractivity contribution in [2.24, 2.45) is 0 Å². The van der Waals surface area contributed by atoms with Crippen LogP contribution in [0.4, 0.5) is 5.69 Å². The van der Waals surface area contributed by atoms with Crippen LogP contribution in [0.2, 0.25) is 5.02 Å². The predicted octanol–water partition coefficient (Wildman–Crippen LogP) is 4.31. The Morgan fingerprint density at radius 3 is 2.90 bits per heavy atom. The summed E-state index contributed by atoms with van der Waals surface area (Å²) < 4.78 is 0. The van der Waals surface area contributed by atoms with Crippen LogP contribution in [0.15, 0.2) is 42.6 Å². The summed E-state index contributed by atoms with van der Waals surface area (Å²) in [7, 11) is 0. The lowest BCUT2D eigenvalue weighted by atomic mass is 10.2. The lowest BCUT2D eigenvalue weighted by molar-refractivity contribution is -0.115. The molecule has 1 N–H and O–H groups in total. The van der Waals surface area contributed by atoms with E-state index in [1.165, 1.54) is 0 Å². The summed E-state index contributed by atoms with van der Waals surface area (Å²) in [6.45, 7) is 1.96. The lowest BCUT2D eigenvalue weighted by Crippen LogP contribution is -2.12. The van der Waals surface area contributed by atoms with Crippen LogP contribution in [0, 0.1) is 6.92 Å². The van der Waals surface area contributed by atoms with Crippen LogP contribution in [-0.4, -0.2) is 16.6 Å². The fourth-order valence-electron chi connectivity index (χ4n) is 1.76. The predicted molar refractivity (Wildman–Crippen MR) is 89.8 cm³/mol. The van der Waals surface area contributed by atoms with Crippen molar-refractivity contribution < 1.29 is 4.79 Å². The minimum atomic E-state index is -0.0192. The first-order chi connectivity index (χ1) is 10.1. The third kappa shape index (κ3) is 5.40. The maximum atomic E-state index is 11.9. The molecule has 1 aromatic carbocycles. The summed E-state index contributed by atoms with van der Waals surface area (Å²) in [6, 6.07) is 11.4. The first-order valence-corrected chi connectivity index (χ1v) is 8.22. The number of nitrogens with one attached hydrogen (secondary N) is 1. The van der Waals surface area contributed by atoms with Gasteiger partial charge in [-0.15, -0.1) is 0 Å². The van der Waals surface area contributed by atoms with Gasteiger partial charge in [0.25, 0.3) is 0 Å².